The summed E-state index contributed by atoms with van der Waals surface area (Å²) in [6.45, 7) is 4.12. The van der Waals surface area contributed by atoms with E-state index in [2.05, 4.69) is 27.1 Å². The zero-order valence-corrected chi connectivity index (χ0v) is 12.9. The zero-order valence-electron chi connectivity index (χ0n) is 12.2. The first-order valence-corrected chi connectivity index (χ1v) is 6.90. The van der Waals surface area contributed by atoms with Crippen molar-refractivity contribution >= 4 is 23.2 Å². The maximum absolute atomic E-state index is 6.28. The van der Waals surface area contributed by atoms with Gasteiger partial charge in [-0.1, -0.05) is 29.8 Å². The fourth-order valence-electron chi connectivity index (χ4n) is 2.25. The molecule has 2 rings (SSSR count). The Morgan fingerprint density at radius 1 is 1.25 bits per heavy atom. The summed E-state index contributed by atoms with van der Waals surface area (Å²) in [7, 11) is 3.87. The molecule has 1 heterocycles. The van der Waals surface area contributed by atoms with Crippen molar-refractivity contribution in [2.24, 2.45) is 0 Å². The number of nitrogens with one attached hydrogen (secondary N) is 1. The topological polar surface area (TPSA) is 41.1 Å². The number of anilines is 2. The summed E-state index contributed by atoms with van der Waals surface area (Å²) in [5.74, 6) is 1.74. The molecule has 0 saturated heterocycles. The van der Waals surface area contributed by atoms with Crippen LogP contribution in [0.1, 0.15) is 24.1 Å². The minimum absolute atomic E-state index is 0.127. The molecule has 1 N–H and O–H groups in total. The van der Waals surface area contributed by atoms with Crippen LogP contribution in [0.2, 0.25) is 5.02 Å². The summed E-state index contributed by atoms with van der Waals surface area (Å²) in [6, 6.07) is 8.01. The molecule has 1 unspecified atom stereocenters. The molecule has 0 aliphatic heterocycles. The van der Waals surface area contributed by atoms with Gasteiger partial charge in [-0.25, -0.2) is 9.97 Å². The van der Waals surface area contributed by atoms with Crippen molar-refractivity contribution in [3.05, 3.63) is 46.7 Å². The summed E-state index contributed by atoms with van der Waals surface area (Å²) >= 11 is 6.28. The molecule has 0 amide bonds. The molecule has 106 valence electrons. The minimum atomic E-state index is 0.127. The van der Waals surface area contributed by atoms with Crippen LogP contribution < -0.4 is 10.2 Å². The predicted molar refractivity (Wildman–Crippen MR) is 84.6 cm³/mol. The third-order valence-corrected chi connectivity index (χ3v) is 3.91. The highest BCUT2D eigenvalue weighted by atomic mass is 35.5. The Morgan fingerprint density at radius 3 is 2.60 bits per heavy atom. The van der Waals surface area contributed by atoms with Crippen LogP contribution in [-0.4, -0.2) is 24.1 Å². The van der Waals surface area contributed by atoms with Crippen molar-refractivity contribution in [1.82, 2.24) is 9.97 Å². The lowest BCUT2D eigenvalue weighted by atomic mass is 10.1. The normalized spacial score (nSPS) is 12.1. The summed E-state index contributed by atoms with van der Waals surface area (Å²) in [5.41, 5.74) is 2.11. The molecular weight excluding hydrogens is 272 g/mol. The number of rotatable bonds is 4. The molecule has 0 spiro atoms. The van der Waals surface area contributed by atoms with Gasteiger partial charge >= 0.3 is 0 Å². The summed E-state index contributed by atoms with van der Waals surface area (Å²) in [5, 5.41) is 3.85. The summed E-state index contributed by atoms with van der Waals surface area (Å²) in [4.78, 5) is 10.7. The average Bonchev–Trinajstić information content (AvgIpc) is 2.46. The van der Waals surface area contributed by atoms with E-state index in [0.29, 0.717) is 0 Å². The lowest BCUT2D eigenvalue weighted by Gasteiger charge is -2.28. The van der Waals surface area contributed by atoms with Gasteiger partial charge in [0.05, 0.1) is 6.04 Å². The molecule has 1 aromatic heterocycles. The van der Waals surface area contributed by atoms with Crippen LogP contribution >= 0.6 is 11.6 Å². The second-order valence-electron chi connectivity index (χ2n) is 4.73. The first-order valence-electron chi connectivity index (χ1n) is 6.52. The monoisotopic (exact) mass is 290 g/mol. The van der Waals surface area contributed by atoms with Crippen molar-refractivity contribution in [3.63, 3.8) is 0 Å². The first-order chi connectivity index (χ1) is 9.56. The molecule has 1 aromatic carbocycles. The Bertz CT molecular complexity index is 600. The van der Waals surface area contributed by atoms with Gasteiger partial charge in [0.15, 0.2) is 0 Å². The maximum atomic E-state index is 6.28. The quantitative estimate of drug-likeness (QED) is 0.933. The van der Waals surface area contributed by atoms with Crippen LogP contribution in [-0.2, 0) is 0 Å². The third-order valence-electron chi connectivity index (χ3n) is 3.56. The molecule has 5 heteroatoms. The smallest absolute Gasteiger partial charge is 0.137 e. The second kappa shape index (κ2) is 6.09. The van der Waals surface area contributed by atoms with Crippen LogP contribution in [0.25, 0.3) is 0 Å². The first kappa shape index (κ1) is 14.6. The zero-order chi connectivity index (χ0) is 14.7. The largest absolute Gasteiger partial charge is 0.373 e. The van der Waals surface area contributed by atoms with Crippen molar-refractivity contribution < 1.29 is 0 Å². The molecule has 0 radical (unpaired) electrons. The van der Waals surface area contributed by atoms with Crippen LogP contribution in [0.15, 0.2) is 30.6 Å². The van der Waals surface area contributed by atoms with Crippen molar-refractivity contribution in [1.29, 1.82) is 0 Å². The van der Waals surface area contributed by atoms with E-state index in [1.807, 2.05) is 45.3 Å². The summed E-state index contributed by atoms with van der Waals surface area (Å²) < 4.78 is 0. The molecule has 0 saturated carbocycles. The second-order valence-corrected chi connectivity index (χ2v) is 5.14. The molecule has 0 bridgehead atoms. The van der Waals surface area contributed by atoms with E-state index in [4.69, 9.17) is 11.6 Å². The van der Waals surface area contributed by atoms with Gasteiger partial charge in [-0.15, -0.1) is 0 Å². The van der Waals surface area contributed by atoms with Gasteiger partial charge in [0, 0.05) is 24.7 Å². The van der Waals surface area contributed by atoms with Gasteiger partial charge < -0.3 is 10.2 Å². The van der Waals surface area contributed by atoms with Crippen LogP contribution in [0.3, 0.4) is 0 Å². The molecule has 0 aliphatic carbocycles. The SMILES string of the molecule is CNc1ncnc(N(C)C(C)c2ccccc2Cl)c1C. The predicted octanol–water partition coefficient (Wildman–Crippen LogP) is 3.68. The summed E-state index contributed by atoms with van der Waals surface area (Å²) in [6.07, 6.45) is 1.57. The molecule has 1 atom stereocenters. The molecule has 0 aliphatic rings. The standard InChI is InChI=1S/C15H19ClN4/c1-10-14(17-3)18-9-19-15(10)20(4)11(2)12-7-5-6-8-13(12)16/h5-9,11H,1-4H3,(H,17,18,19). The van der Waals surface area contributed by atoms with E-state index < -0.39 is 0 Å². The van der Waals surface area contributed by atoms with Gasteiger partial charge in [0.1, 0.15) is 18.0 Å². The van der Waals surface area contributed by atoms with Gasteiger partial charge in [-0.05, 0) is 25.5 Å². The van der Waals surface area contributed by atoms with Gasteiger partial charge in [0.25, 0.3) is 0 Å². The van der Waals surface area contributed by atoms with E-state index >= 15 is 0 Å². The lowest BCUT2D eigenvalue weighted by Crippen LogP contribution is -2.24. The highest BCUT2D eigenvalue weighted by Gasteiger charge is 2.18. The van der Waals surface area contributed by atoms with Crippen LogP contribution in [0.5, 0.6) is 0 Å². The van der Waals surface area contributed by atoms with E-state index in [9.17, 15) is 0 Å². The number of hydrogen-bond acceptors (Lipinski definition) is 4. The van der Waals surface area contributed by atoms with Crippen LogP contribution in [0.4, 0.5) is 11.6 Å². The minimum Gasteiger partial charge on any atom is -0.373 e. The number of benzene rings is 1. The number of halogens is 1. The Kier molecular flexibility index (Phi) is 4.45. The van der Waals surface area contributed by atoms with Crippen molar-refractivity contribution in [3.8, 4) is 0 Å². The van der Waals surface area contributed by atoms with E-state index in [0.717, 1.165) is 27.8 Å². The number of aromatic nitrogens is 2. The fourth-order valence-corrected chi connectivity index (χ4v) is 2.55. The van der Waals surface area contributed by atoms with E-state index in [1.54, 1.807) is 6.33 Å². The number of nitrogens with zero attached hydrogens (tertiary/aromatic N) is 3. The molecule has 0 fully saturated rings. The van der Waals surface area contributed by atoms with Crippen molar-refractivity contribution in [2.45, 2.75) is 19.9 Å². The Labute approximate surface area is 124 Å². The third kappa shape index (κ3) is 2.70. The molecule has 20 heavy (non-hydrogen) atoms. The fraction of sp³-hybridized carbons (Fsp3) is 0.333. The Hall–Kier alpha value is -1.81. The average molecular weight is 291 g/mol. The highest BCUT2D eigenvalue weighted by molar-refractivity contribution is 6.31. The highest BCUT2D eigenvalue weighted by Crippen LogP contribution is 2.31. The lowest BCUT2D eigenvalue weighted by molar-refractivity contribution is 0.724. The van der Waals surface area contributed by atoms with E-state index in [1.165, 1.54) is 0 Å². The van der Waals surface area contributed by atoms with Gasteiger partial charge in [-0.2, -0.15) is 0 Å². The van der Waals surface area contributed by atoms with Crippen LogP contribution in [0, 0.1) is 6.92 Å². The Balaban J connectivity index is 2.36. The van der Waals surface area contributed by atoms with Crippen molar-refractivity contribution in [2.75, 3.05) is 24.3 Å². The van der Waals surface area contributed by atoms with Gasteiger partial charge in [-0.3, -0.25) is 0 Å². The molecule has 4 nitrogen and oxygen atoms in total. The van der Waals surface area contributed by atoms with E-state index in [-0.39, 0.29) is 6.04 Å². The Morgan fingerprint density at radius 2 is 1.95 bits per heavy atom. The van der Waals surface area contributed by atoms with Gasteiger partial charge in [0.2, 0.25) is 0 Å². The maximum Gasteiger partial charge on any atom is 0.137 e. The number of hydrogen-bond donors (Lipinski definition) is 1. The molecule has 2 aromatic rings. The molecular formula is C15H19ClN4.